The van der Waals surface area contributed by atoms with Gasteiger partial charge in [0.05, 0.1) is 18.8 Å². The number of carbonyl (C=O) groups excluding carboxylic acids is 1. The number of ether oxygens (including phenoxy) is 2. The maximum Gasteiger partial charge on any atom is 0.163 e. The van der Waals surface area contributed by atoms with Crippen LogP contribution in [0.3, 0.4) is 0 Å². The summed E-state index contributed by atoms with van der Waals surface area (Å²) >= 11 is 0. The van der Waals surface area contributed by atoms with Crippen molar-refractivity contribution in [3.8, 4) is 11.5 Å². The Morgan fingerprint density at radius 3 is 1.73 bits per heavy atom. The minimum Gasteiger partial charge on any atom is -0.493 e. The average molecular weight is 551 g/mol. The lowest BCUT2D eigenvalue weighted by molar-refractivity contribution is 0.101. The summed E-state index contributed by atoms with van der Waals surface area (Å²) in [6, 6.07) is 26.9. The lowest BCUT2D eigenvalue weighted by Crippen LogP contribution is -2.30. The summed E-state index contributed by atoms with van der Waals surface area (Å²) in [5.74, 6) is 1.38. The van der Waals surface area contributed by atoms with E-state index in [0.717, 1.165) is 70.7 Å². The molecule has 0 amide bonds. The molecule has 0 saturated carbocycles. The van der Waals surface area contributed by atoms with Crippen molar-refractivity contribution in [2.75, 3.05) is 52.5 Å². The van der Waals surface area contributed by atoms with E-state index in [1.165, 1.54) is 22.3 Å². The van der Waals surface area contributed by atoms with Crippen molar-refractivity contribution >= 4 is 16.9 Å². The van der Waals surface area contributed by atoms with Gasteiger partial charge in [-0.05, 0) is 67.0 Å². The van der Waals surface area contributed by atoms with E-state index in [2.05, 4.69) is 82.6 Å². The van der Waals surface area contributed by atoms with Crippen molar-refractivity contribution < 1.29 is 14.3 Å². The molecule has 0 N–H and O–H groups in total. The van der Waals surface area contributed by atoms with E-state index in [-0.39, 0.29) is 5.78 Å². The number of benzene rings is 3. The Morgan fingerprint density at radius 1 is 0.707 bits per heavy atom. The van der Waals surface area contributed by atoms with Crippen molar-refractivity contribution in [2.45, 2.75) is 32.6 Å². The average Bonchev–Trinajstić information content (AvgIpc) is 3.03. The molecule has 0 radical (unpaired) electrons. The number of carbonyl (C=O) groups is 1. The highest BCUT2D eigenvalue weighted by atomic mass is 16.5. The summed E-state index contributed by atoms with van der Waals surface area (Å²) in [4.78, 5) is 17.1. The van der Waals surface area contributed by atoms with E-state index in [1.807, 2.05) is 18.2 Å². The van der Waals surface area contributed by atoms with Crippen molar-refractivity contribution in [3.05, 3.63) is 108 Å². The molecule has 0 fully saturated rings. The van der Waals surface area contributed by atoms with Crippen LogP contribution in [-0.4, -0.2) is 68.1 Å². The second-order valence-electron chi connectivity index (χ2n) is 10.9. The number of rotatable bonds is 13. The molecule has 0 aliphatic carbocycles. The van der Waals surface area contributed by atoms with Crippen molar-refractivity contribution in [1.82, 2.24) is 9.80 Å². The Bertz CT molecular complexity index is 1330. The van der Waals surface area contributed by atoms with Crippen LogP contribution in [0.4, 0.5) is 0 Å². The molecule has 3 aromatic carbocycles. The third-order valence-corrected chi connectivity index (χ3v) is 7.97. The van der Waals surface area contributed by atoms with E-state index in [4.69, 9.17) is 9.47 Å². The van der Waals surface area contributed by atoms with E-state index in [0.29, 0.717) is 24.5 Å². The standard InChI is InChI=1S/C36H42N2O3/c1-29(39)35-15-14-34(40-26-8-20-37-22-16-32(17-23-37)30-10-4-2-5-11-30)28-36(35)41-27-9-21-38-24-18-33(19-25-38)31-12-6-3-7-13-31/h2-7,10-16,18,28H,8-9,17,19-27H2,1H3. The molecular weight excluding hydrogens is 508 g/mol. The van der Waals surface area contributed by atoms with Gasteiger partial charge in [0.2, 0.25) is 0 Å². The summed E-state index contributed by atoms with van der Waals surface area (Å²) in [6.07, 6.45) is 8.72. The molecule has 5 nitrogen and oxygen atoms in total. The molecule has 0 atom stereocenters. The summed E-state index contributed by atoms with van der Waals surface area (Å²) < 4.78 is 12.2. The zero-order valence-corrected chi connectivity index (χ0v) is 24.3. The largest absolute Gasteiger partial charge is 0.493 e. The summed E-state index contributed by atoms with van der Waals surface area (Å²) in [5, 5.41) is 0. The van der Waals surface area contributed by atoms with Crippen LogP contribution in [0.25, 0.3) is 11.1 Å². The summed E-state index contributed by atoms with van der Waals surface area (Å²) in [5.41, 5.74) is 6.16. The minimum atomic E-state index is 0.00850. The van der Waals surface area contributed by atoms with E-state index < -0.39 is 0 Å². The molecule has 0 aromatic heterocycles. The monoisotopic (exact) mass is 550 g/mol. The van der Waals surface area contributed by atoms with Gasteiger partial charge < -0.3 is 9.47 Å². The van der Waals surface area contributed by atoms with Gasteiger partial charge in [-0.25, -0.2) is 0 Å². The molecule has 214 valence electrons. The van der Waals surface area contributed by atoms with Gasteiger partial charge in [0.25, 0.3) is 0 Å². The maximum absolute atomic E-state index is 12.2. The quantitative estimate of drug-likeness (QED) is 0.169. The Hall–Kier alpha value is -3.67. The highest BCUT2D eigenvalue weighted by Crippen LogP contribution is 2.27. The van der Waals surface area contributed by atoms with Crippen molar-refractivity contribution in [3.63, 3.8) is 0 Å². The number of hydrogen-bond donors (Lipinski definition) is 0. The minimum absolute atomic E-state index is 0.00850. The fourth-order valence-corrected chi connectivity index (χ4v) is 5.61. The molecule has 2 heterocycles. The number of hydrogen-bond acceptors (Lipinski definition) is 5. The topological polar surface area (TPSA) is 42.0 Å². The summed E-state index contributed by atoms with van der Waals surface area (Å²) in [7, 11) is 0. The summed E-state index contributed by atoms with van der Waals surface area (Å²) in [6.45, 7) is 8.86. The molecule has 5 rings (SSSR count). The van der Waals surface area contributed by atoms with Crippen LogP contribution in [0.5, 0.6) is 11.5 Å². The molecule has 0 bridgehead atoms. The van der Waals surface area contributed by atoms with Crippen LogP contribution in [-0.2, 0) is 0 Å². The maximum atomic E-state index is 12.2. The van der Waals surface area contributed by atoms with Crippen LogP contribution in [0.2, 0.25) is 0 Å². The predicted octanol–water partition coefficient (Wildman–Crippen LogP) is 7.01. The Morgan fingerprint density at radius 2 is 1.24 bits per heavy atom. The molecular formula is C36H42N2O3. The Balaban J connectivity index is 1.03. The second kappa shape index (κ2) is 14.8. The van der Waals surface area contributed by atoms with Gasteiger partial charge in [-0.2, -0.15) is 0 Å². The molecule has 0 unspecified atom stereocenters. The SMILES string of the molecule is CC(=O)c1ccc(OCCCN2CC=C(c3ccccc3)CC2)cc1OCCCN1CC=C(c2ccccc2)CC1. The Labute approximate surface area is 245 Å². The van der Waals surface area contributed by atoms with E-state index in [1.54, 1.807) is 6.92 Å². The van der Waals surface area contributed by atoms with Gasteiger partial charge in [0.1, 0.15) is 11.5 Å². The fourth-order valence-electron chi connectivity index (χ4n) is 5.61. The van der Waals surface area contributed by atoms with Crippen LogP contribution < -0.4 is 9.47 Å². The van der Waals surface area contributed by atoms with Crippen LogP contribution in [0, 0.1) is 0 Å². The van der Waals surface area contributed by atoms with E-state index >= 15 is 0 Å². The first-order chi connectivity index (χ1) is 20.2. The van der Waals surface area contributed by atoms with Crippen LogP contribution >= 0.6 is 0 Å². The first kappa shape index (κ1) is 28.8. The predicted molar refractivity (Wildman–Crippen MR) is 168 cm³/mol. The van der Waals surface area contributed by atoms with Gasteiger partial charge in [0, 0.05) is 45.3 Å². The van der Waals surface area contributed by atoms with Crippen LogP contribution in [0.15, 0.2) is 91.0 Å². The molecule has 41 heavy (non-hydrogen) atoms. The van der Waals surface area contributed by atoms with Crippen LogP contribution in [0.1, 0.15) is 54.1 Å². The third-order valence-electron chi connectivity index (χ3n) is 7.97. The highest BCUT2D eigenvalue weighted by molar-refractivity contribution is 5.97. The van der Waals surface area contributed by atoms with E-state index in [9.17, 15) is 4.79 Å². The van der Waals surface area contributed by atoms with Crippen molar-refractivity contribution in [2.24, 2.45) is 0 Å². The highest BCUT2D eigenvalue weighted by Gasteiger charge is 2.15. The molecule has 0 spiro atoms. The van der Waals surface area contributed by atoms with Gasteiger partial charge >= 0.3 is 0 Å². The van der Waals surface area contributed by atoms with Gasteiger partial charge in [0.15, 0.2) is 5.78 Å². The normalized spacial score (nSPS) is 16.1. The number of nitrogens with zero attached hydrogens (tertiary/aromatic N) is 2. The first-order valence-electron chi connectivity index (χ1n) is 15.0. The van der Waals surface area contributed by atoms with Gasteiger partial charge in [-0.1, -0.05) is 72.8 Å². The zero-order chi connectivity index (χ0) is 28.3. The Kier molecular flexibility index (Phi) is 10.4. The van der Waals surface area contributed by atoms with Gasteiger partial charge in [-0.3, -0.25) is 14.6 Å². The third kappa shape index (κ3) is 8.42. The lowest BCUT2D eigenvalue weighted by Gasteiger charge is -2.26. The fraction of sp³-hybridized carbons (Fsp3) is 0.361. The molecule has 0 saturated heterocycles. The first-order valence-corrected chi connectivity index (χ1v) is 15.0. The smallest absolute Gasteiger partial charge is 0.163 e. The zero-order valence-electron chi connectivity index (χ0n) is 24.3. The number of ketones is 1. The second-order valence-corrected chi connectivity index (χ2v) is 10.9. The lowest BCUT2D eigenvalue weighted by atomic mass is 9.99. The molecule has 2 aliphatic rings. The molecule has 5 heteroatoms. The molecule has 3 aromatic rings. The van der Waals surface area contributed by atoms with Crippen molar-refractivity contribution in [1.29, 1.82) is 0 Å². The van der Waals surface area contributed by atoms with Gasteiger partial charge in [-0.15, -0.1) is 0 Å². The molecule has 2 aliphatic heterocycles. The number of Topliss-reactive ketones (excluding diaryl/α,β-unsaturated/α-hetero) is 1.